The fraction of sp³-hybridized carbons (Fsp3) is 0.400. The molecule has 0 radical (unpaired) electrons. The van der Waals surface area contributed by atoms with Gasteiger partial charge in [-0.1, -0.05) is 19.1 Å². The van der Waals surface area contributed by atoms with Gasteiger partial charge in [0, 0.05) is 22.8 Å². The van der Waals surface area contributed by atoms with Crippen LogP contribution in [0.5, 0.6) is 0 Å². The molecule has 2 aromatic rings. The molecule has 2 aromatic heterocycles. The number of carbonyl (C=O) groups excluding carboxylic acids is 2. The van der Waals surface area contributed by atoms with E-state index >= 15 is 0 Å². The van der Waals surface area contributed by atoms with Crippen LogP contribution in [0.3, 0.4) is 0 Å². The Bertz CT molecular complexity index is 757. The van der Waals surface area contributed by atoms with E-state index in [-0.39, 0.29) is 5.91 Å². The molecule has 3 rings (SSSR count). The standard InChI is InChI=1S/C20H23NO3S2/c1-14-7-9-21(10-8-14)19(22)15(2)24-20(23)17(18-6-4-12-26-18)13-16-5-3-11-25-16/h3-6,11-15H,7-10H2,1-2H3/b17-13+/t15-/m1/s1. The topological polar surface area (TPSA) is 46.6 Å². The van der Waals surface area contributed by atoms with Gasteiger partial charge in [-0.05, 0) is 54.7 Å². The molecule has 0 aromatic carbocycles. The molecule has 0 saturated carbocycles. The summed E-state index contributed by atoms with van der Waals surface area (Å²) in [5.74, 6) is 0.0926. The van der Waals surface area contributed by atoms with E-state index in [0.717, 1.165) is 35.7 Å². The van der Waals surface area contributed by atoms with Gasteiger partial charge in [0.05, 0.1) is 5.57 Å². The maximum Gasteiger partial charge on any atom is 0.340 e. The van der Waals surface area contributed by atoms with Crippen molar-refractivity contribution >= 4 is 46.2 Å². The monoisotopic (exact) mass is 389 g/mol. The van der Waals surface area contributed by atoms with Crippen LogP contribution in [0.25, 0.3) is 11.6 Å². The van der Waals surface area contributed by atoms with Gasteiger partial charge in [-0.25, -0.2) is 4.79 Å². The van der Waals surface area contributed by atoms with Crippen molar-refractivity contribution in [2.24, 2.45) is 5.92 Å². The molecule has 0 unspecified atom stereocenters. The number of esters is 1. The van der Waals surface area contributed by atoms with E-state index in [1.165, 1.54) is 11.3 Å². The van der Waals surface area contributed by atoms with Gasteiger partial charge < -0.3 is 9.64 Å². The minimum atomic E-state index is -0.775. The number of piperidine rings is 1. The van der Waals surface area contributed by atoms with Crippen LogP contribution in [0.1, 0.15) is 36.4 Å². The molecule has 0 bridgehead atoms. The molecule has 0 spiro atoms. The first kappa shape index (κ1) is 18.9. The summed E-state index contributed by atoms with van der Waals surface area (Å²) in [7, 11) is 0. The van der Waals surface area contributed by atoms with Crippen LogP contribution in [-0.2, 0) is 14.3 Å². The molecule has 1 atom stereocenters. The highest BCUT2D eigenvalue weighted by Gasteiger charge is 2.28. The van der Waals surface area contributed by atoms with Crippen LogP contribution in [0.15, 0.2) is 35.0 Å². The Kier molecular flexibility index (Phi) is 6.27. The van der Waals surface area contributed by atoms with E-state index in [2.05, 4.69) is 6.92 Å². The summed E-state index contributed by atoms with van der Waals surface area (Å²) in [5, 5.41) is 3.89. The molecule has 1 aliphatic heterocycles. The molecule has 1 fully saturated rings. The van der Waals surface area contributed by atoms with Crippen LogP contribution in [0.2, 0.25) is 0 Å². The number of rotatable bonds is 5. The lowest BCUT2D eigenvalue weighted by Crippen LogP contribution is -2.44. The second-order valence-corrected chi connectivity index (χ2v) is 8.53. The predicted octanol–water partition coefficient (Wildman–Crippen LogP) is 4.54. The lowest BCUT2D eigenvalue weighted by Gasteiger charge is -2.32. The van der Waals surface area contributed by atoms with Crippen molar-refractivity contribution < 1.29 is 14.3 Å². The Morgan fingerprint density at radius 3 is 2.50 bits per heavy atom. The normalized spacial score (nSPS) is 17.2. The number of ether oxygens (including phenoxy) is 1. The average Bonchev–Trinajstić information content (AvgIpc) is 3.33. The van der Waals surface area contributed by atoms with Crippen molar-refractivity contribution in [1.29, 1.82) is 0 Å². The molecular formula is C20H23NO3S2. The van der Waals surface area contributed by atoms with Crippen molar-refractivity contribution in [3.8, 4) is 0 Å². The van der Waals surface area contributed by atoms with Gasteiger partial charge >= 0.3 is 5.97 Å². The maximum atomic E-state index is 12.8. The molecule has 1 amide bonds. The summed E-state index contributed by atoms with van der Waals surface area (Å²) in [6.07, 6.45) is 3.07. The van der Waals surface area contributed by atoms with Crippen LogP contribution in [0, 0.1) is 5.92 Å². The van der Waals surface area contributed by atoms with E-state index in [4.69, 9.17) is 4.74 Å². The fourth-order valence-electron chi connectivity index (χ4n) is 2.94. The highest BCUT2D eigenvalue weighted by molar-refractivity contribution is 7.12. The number of thiophene rings is 2. The number of nitrogens with zero attached hydrogens (tertiary/aromatic N) is 1. The number of hydrogen-bond donors (Lipinski definition) is 0. The van der Waals surface area contributed by atoms with E-state index in [9.17, 15) is 9.59 Å². The van der Waals surface area contributed by atoms with Crippen molar-refractivity contribution in [1.82, 2.24) is 4.90 Å². The first-order valence-electron chi connectivity index (χ1n) is 8.83. The summed E-state index contributed by atoms with van der Waals surface area (Å²) in [6.45, 7) is 5.35. The summed E-state index contributed by atoms with van der Waals surface area (Å²) in [5.41, 5.74) is 0.495. The van der Waals surface area contributed by atoms with Crippen LogP contribution >= 0.6 is 22.7 Å². The summed E-state index contributed by atoms with van der Waals surface area (Å²) < 4.78 is 5.54. The number of hydrogen-bond acceptors (Lipinski definition) is 5. The van der Waals surface area contributed by atoms with Crippen LogP contribution in [0.4, 0.5) is 0 Å². The molecule has 0 N–H and O–H groups in total. The molecule has 26 heavy (non-hydrogen) atoms. The predicted molar refractivity (Wildman–Crippen MR) is 107 cm³/mol. The van der Waals surface area contributed by atoms with Crippen molar-refractivity contribution in [3.63, 3.8) is 0 Å². The smallest absolute Gasteiger partial charge is 0.340 e. The van der Waals surface area contributed by atoms with Gasteiger partial charge in [0.1, 0.15) is 0 Å². The molecule has 6 heteroatoms. The highest BCUT2D eigenvalue weighted by atomic mass is 32.1. The number of carbonyl (C=O) groups is 2. The van der Waals surface area contributed by atoms with E-state index < -0.39 is 12.1 Å². The molecule has 1 aliphatic rings. The zero-order valence-corrected chi connectivity index (χ0v) is 16.6. The van der Waals surface area contributed by atoms with Gasteiger partial charge in [-0.3, -0.25) is 4.79 Å². The molecule has 0 aliphatic carbocycles. The second-order valence-electron chi connectivity index (χ2n) is 6.61. The summed E-state index contributed by atoms with van der Waals surface area (Å²) in [6, 6.07) is 7.69. The molecule has 1 saturated heterocycles. The maximum absolute atomic E-state index is 12.8. The van der Waals surface area contributed by atoms with Gasteiger partial charge in [-0.2, -0.15) is 0 Å². The Hall–Kier alpha value is -1.92. The SMILES string of the molecule is CC1CCN(C(=O)[C@@H](C)OC(=O)/C(=C/c2cccs2)c2cccs2)CC1. The van der Waals surface area contributed by atoms with Crippen molar-refractivity contribution in [3.05, 3.63) is 44.8 Å². The van der Waals surface area contributed by atoms with E-state index in [0.29, 0.717) is 11.5 Å². The zero-order chi connectivity index (χ0) is 18.5. The third kappa shape index (κ3) is 4.62. The first-order valence-corrected chi connectivity index (χ1v) is 10.6. The Balaban J connectivity index is 1.70. The fourth-order valence-corrected chi connectivity index (χ4v) is 4.33. The van der Waals surface area contributed by atoms with Gasteiger partial charge in [0.15, 0.2) is 6.10 Å². The van der Waals surface area contributed by atoms with E-state index in [1.807, 2.05) is 46.0 Å². The van der Waals surface area contributed by atoms with Crippen molar-refractivity contribution in [2.75, 3.05) is 13.1 Å². The van der Waals surface area contributed by atoms with Gasteiger partial charge in [-0.15, -0.1) is 22.7 Å². The average molecular weight is 390 g/mol. The Morgan fingerprint density at radius 2 is 1.88 bits per heavy atom. The number of amides is 1. The Labute approximate surface area is 162 Å². The molecule has 4 nitrogen and oxygen atoms in total. The van der Waals surface area contributed by atoms with Gasteiger partial charge in [0.25, 0.3) is 5.91 Å². The molecule has 3 heterocycles. The molecular weight excluding hydrogens is 366 g/mol. The van der Waals surface area contributed by atoms with Crippen molar-refractivity contribution in [2.45, 2.75) is 32.8 Å². The van der Waals surface area contributed by atoms with E-state index in [1.54, 1.807) is 18.3 Å². The second kappa shape index (κ2) is 8.64. The lowest BCUT2D eigenvalue weighted by molar-refractivity contribution is -0.155. The number of likely N-dealkylation sites (tertiary alicyclic amines) is 1. The summed E-state index contributed by atoms with van der Waals surface area (Å²) >= 11 is 3.04. The molecule has 138 valence electrons. The minimum absolute atomic E-state index is 0.105. The van der Waals surface area contributed by atoms with Crippen LogP contribution < -0.4 is 0 Å². The Morgan fingerprint density at radius 1 is 1.19 bits per heavy atom. The third-order valence-electron chi connectivity index (χ3n) is 4.56. The largest absolute Gasteiger partial charge is 0.449 e. The summed E-state index contributed by atoms with van der Waals surface area (Å²) in [4.78, 5) is 29.0. The lowest BCUT2D eigenvalue weighted by atomic mass is 9.99. The van der Waals surface area contributed by atoms with Gasteiger partial charge in [0.2, 0.25) is 0 Å². The highest BCUT2D eigenvalue weighted by Crippen LogP contribution is 2.26. The minimum Gasteiger partial charge on any atom is -0.449 e. The third-order valence-corrected chi connectivity index (χ3v) is 6.29. The zero-order valence-electron chi connectivity index (χ0n) is 15.0. The quantitative estimate of drug-likeness (QED) is 0.557. The first-order chi connectivity index (χ1) is 12.5. The van der Waals surface area contributed by atoms with Crippen LogP contribution in [-0.4, -0.2) is 36.0 Å².